The van der Waals surface area contributed by atoms with E-state index in [1.165, 1.54) is 6.07 Å². The fraction of sp³-hybridized carbons (Fsp3) is 0.529. The SMILES string of the molecule is CCCc1cc(O)c(C(=O)O)c2c1CC(C(C)CC)C(=O)N2. The smallest absolute Gasteiger partial charge is 0.341 e. The highest BCUT2D eigenvalue weighted by Crippen LogP contribution is 2.39. The molecule has 1 heterocycles. The summed E-state index contributed by atoms with van der Waals surface area (Å²) in [6, 6.07) is 1.54. The van der Waals surface area contributed by atoms with Crippen molar-refractivity contribution in [1.29, 1.82) is 0 Å². The Morgan fingerprint density at radius 3 is 2.68 bits per heavy atom. The van der Waals surface area contributed by atoms with Crippen LogP contribution in [0.25, 0.3) is 0 Å². The molecule has 1 aliphatic heterocycles. The number of aromatic hydroxyl groups is 1. The molecule has 0 saturated heterocycles. The lowest BCUT2D eigenvalue weighted by Gasteiger charge is -2.31. The number of carbonyl (C=O) groups is 2. The molecule has 22 heavy (non-hydrogen) atoms. The van der Waals surface area contributed by atoms with E-state index in [4.69, 9.17) is 0 Å². The molecule has 1 aromatic rings. The van der Waals surface area contributed by atoms with Crippen molar-refractivity contribution in [3.63, 3.8) is 0 Å². The first-order valence-corrected chi connectivity index (χ1v) is 7.82. The second-order valence-electron chi connectivity index (χ2n) is 6.02. The zero-order valence-corrected chi connectivity index (χ0v) is 13.3. The summed E-state index contributed by atoms with van der Waals surface area (Å²) in [6.07, 6.45) is 3.06. The summed E-state index contributed by atoms with van der Waals surface area (Å²) >= 11 is 0. The molecule has 1 amide bonds. The summed E-state index contributed by atoms with van der Waals surface area (Å²) in [5.74, 6) is -1.59. The highest BCUT2D eigenvalue weighted by molar-refractivity contribution is 6.06. The van der Waals surface area contributed by atoms with Gasteiger partial charge in [-0.2, -0.15) is 0 Å². The summed E-state index contributed by atoms with van der Waals surface area (Å²) < 4.78 is 0. The number of phenols is 1. The van der Waals surface area contributed by atoms with Crippen LogP contribution in [-0.4, -0.2) is 22.1 Å². The first kappa shape index (κ1) is 16.3. The second-order valence-corrected chi connectivity index (χ2v) is 6.02. The van der Waals surface area contributed by atoms with Gasteiger partial charge in [0.2, 0.25) is 5.91 Å². The fourth-order valence-corrected chi connectivity index (χ4v) is 3.12. The first-order chi connectivity index (χ1) is 10.4. The molecule has 2 unspecified atom stereocenters. The summed E-state index contributed by atoms with van der Waals surface area (Å²) in [5.41, 5.74) is 1.86. The van der Waals surface area contributed by atoms with E-state index in [-0.39, 0.29) is 34.7 Å². The maximum Gasteiger partial charge on any atom is 0.341 e. The fourth-order valence-electron chi connectivity index (χ4n) is 3.12. The number of benzene rings is 1. The van der Waals surface area contributed by atoms with Crippen LogP contribution in [0.2, 0.25) is 0 Å². The number of carboxylic acid groups (broad SMARTS) is 1. The molecule has 1 aromatic carbocycles. The van der Waals surface area contributed by atoms with Crippen LogP contribution in [0.3, 0.4) is 0 Å². The van der Waals surface area contributed by atoms with E-state index >= 15 is 0 Å². The van der Waals surface area contributed by atoms with Crippen molar-refractivity contribution in [2.45, 2.75) is 46.5 Å². The second kappa shape index (κ2) is 6.38. The molecule has 0 radical (unpaired) electrons. The van der Waals surface area contributed by atoms with Crippen molar-refractivity contribution in [2.24, 2.45) is 11.8 Å². The van der Waals surface area contributed by atoms with Crippen LogP contribution in [0, 0.1) is 11.8 Å². The topological polar surface area (TPSA) is 86.6 Å². The van der Waals surface area contributed by atoms with Crippen molar-refractivity contribution < 1.29 is 19.8 Å². The van der Waals surface area contributed by atoms with Crippen LogP contribution in [0.4, 0.5) is 5.69 Å². The van der Waals surface area contributed by atoms with Crippen LogP contribution >= 0.6 is 0 Å². The van der Waals surface area contributed by atoms with E-state index in [1.807, 2.05) is 20.8 Å². The molecule has 0 saturated carbocycles. The Bertz CT molecular complexity index is 609. The molecule has 0 aromatic heterocycles. The zero-order chi connectivity index (χ0) is 16.4. The van der Waals surface area contributed by atoms with E-state index in [2.05, 4.69) is 5.32 Å². The molecule has 120 valence electrons. The molecule has 3 N–H and O–H groups in total. The van der Waals surface area contributed by atoms with Gasteiger partial charge < -0.3 is 15.5 Å². The molecular formula is C17H23NO4. The lowest BCUT2D eigenvalue weighted by atomic mass is 9.80. The van der Waals surface area contributed by atoms with E-state index in [1.54, 1.807) is 0 Å². The Balaban J connectivity index is 2.59. The maximum atomic E-state index is 12.3. The average molecular weight is 305 g/mol. The van der Waals surface area contributed by atoms with Crippen molar-refractivity contribution >= 4 is 17.6 Å². The molecule has 5 heteroatoms. The monoisotopic (exact) mass is 305 g/mol. The highest BCUT2D eigenvalue weighted by atomic mass is 16.4. The van der Waals surface area contributed by atoms with Gasteiger partial charge in [0.1, 0.15) is 11.3 Å². The number of carbonyl (C=O) groups excluding carboxylic acids is 1. The number of nitrogens with one attached hydrogen (secondary N) is 1. The third-order valence-electron chi connectivity index (χ3n) is 4.58. The molecule has 0 aliphatic carbocycles. The summed E-state index contributed by atoms with van der Waals surface area (Å²) in [5, 5.41) is 22.1. The number of hydrogen-bond acceptors (Lipinski definition) is 3. The van der Waals surface area contributed by atoms with Gasteiger partial charge >= 0.3 is 5.97 Å². The Morgan fingerprint density at radius 1 is 1.45 bits per heavy atom. The van der Waals surface area contributed by atoms with Crippen LogP contribution < -0.4 is 5.32 Å². The largest absolute Gasteiger partial charge is 0.507 e. The predicted molar refractivity (Wildman–Crippen MR) is 84.3 cm³/mol. The van der Waals surface area contributed by atoms with Crippen LogP contribution in [-0.2, 0) is 17.6 Å². The van der Waals surface area contributed by atoms with E-state index in [0.29, 0.717) is 6.42 Å². The highest BCUT2D eigenvalue weighted by Gasteiger charge is 2.34. The predicted octanol–water partition coefficient (Wildman–Crippen LogP) is 3.20. The van der Waals surface area contributed by atoms with Gasteiger partial charge in [0, 0.05) is 5.92 Å². The van der Waals surface area contributed by atoms with Crippen molar-refractivity contribution in [2.75, 3.05) is 5.32 Å². The quantitative estimate of drug-likeness (QED) is 0.779. The van der Waals surface area contributed by atoms with E-state index in [0.717, 1.165) is 30.4 Å². The minimum Gasteiger partial charge on any atom is -0.507 e. The third-order valence-corrected chi connectivity index (χ3v) is 4.58. The maximum absolute atomic E-state index is 12.3. The number of anilines is 1. The molecule has 0 bridgehead atoms. The molecule has 2 atom stereocenters. The zero-order valence-electron chi connectivity index (χ0n) is 13.3. The standard InChI is InChI=1S/C17H23NO4/c1-4-6-10-7-13(19)14(17(21)22)15-12(10)8-11(9(3)5-2)16(20)18-15/h7,9,11,19H,4-6,8H2,1-3H3,(H,18,20)(H,21,22). The summed E-state index contributed by atoms with van der Waals surface area (Å²) in [7, 11) is 0. The van der Waals surface area contributed by atoms with Gasteiger partial charge in [-0.3, -0.25) is 4.79 Å². The third kappa shape index (κ3) is 2.80. The normalized spacial score (nSPS) is 18.5. The number of rotatable bonds is 5. The summed E-state index contributed by atoms with van der Waals surface area (Å²) in [6.45, 7) is 6.11. The van der Waals surface area contributed by atoms with Gasteiger partial charge in [0.05, 0.1) is 5.69 Å². The van der Waals surface area contributed by atoms with Gasteiger partial charge in [0.15, 0.2) is 0 Å². The molecular weight excluding hydrogens is 282 g/mol. The van der Waals surface area contributed by atoms with Crippen molar-refractivity contribution in [3.05, 3.63) is 22.8 Å². The minimum atomic E-state index is -1.22. The first-order valence-electron chi connectivity index (χ1n) is 7.82. The van der Waals surface area contributed by atoms with Gasteiger partial charge in [0.25, 0.3) is 0 Å². The molecule has 5 nitrogen and oxygen atoms in total. The number of aromatic carboxylic acids is 1. The van der Waals surface area contributed by atoms with Crippen molar-refractivity contribution in [3.8, 4) is 5.75 Å². The number of hydrogen-bond donors (Lipinski definition) is 3. The lowest BCUT2D eigenvalue weighted by Crippen LogP contribution is -2.35. The van der Waals surface area contributed by atoms with Gasteiger partial charge in [-0.15, -0.1) is 0 Å². The van der Waals surface area contributed by atoms with E-state index < -0.39 is 5.97 Å². The van der Waals surface area contributed by atoms with E-state index in [9.17, 15) is 19.8 Å². The average Bonchev–Trinajstić information content (AvgIpc) is 2.45. The molecule has 2 rings (SSSR count). The Morgan fingerprint density at radius 2 is 2.14 bits per heavy atom. The van der Waals surface area contributed by atoms with Crippen LogP contribution in [0.15, 0.2) is 6.07 Å². The van der Waals surface area contributed by atoms with Gasteiger partial charge in [-0.25, -0.2) is 4.79 Å². The number of carboxylic acids is 1. The molecule has 1 aliphatic rings. The molecule has 0 fully saturated rings. The number of aryl methyl sites for hydroxylation is 1. The van der Waals surface area contributed by atoms with Crippen LogP contribution in [0.5, 0.6) is 5.75 Å². The Labute approximate surface area is 130 Å². The van der Waals surface area contributed by atoms with Gasteiger partial charge in [-0.05, 0) is 36.0 Å². The molecule has 0 spiro atoms. The number of fused-ring (bicyclic) bond motifs is 1. The Kier molecular flexibility index (Phi) is 4.74. The Hall–Kier alpha value is -2.04. The van der Waals surface area contributed by atoms with Crippen LogP contribution in [0.1, 0.15) is 55.1 Å². The number of amides is 1. The van der Waals surface area contributed by atoms with Gasteiger partial charge in [-0.1, -0.05) is 33.6 Å². The lowest BCUT2D eigenvalue weighted by molar-refractivity contribution is -0.121. The van der Waals surface area contributed by atoms with Crippen molar-refractivity contribution in [1.82, 2.24) is 0 Å². The summed E-state index contributed by atoms with van der Waals surface area (Å²) in [4.78, 5) is 23.8. The minimum absolute atomic E-state index is 0.153.